The zero-order valence-electron chi connectivity index (χ0n) is 16.5. The molecule has 0 aliphatic heterocycles. The Morgan fingerprint density at radius 2 is 1.97 bits per heavy atom. The smallest absolute Gasteiger partial charge is 0.329 e. The summed E-state index contributed by atoms with van der Waals surface area (Å²) in [5, 5.41) is 6.22. The number of nitrogens with one attached hydrogen (secondary N) is 3. The number of hydrogen-bond donors (Lipinski definition) is 3. The molecule has 158 valence electrons. The molecule has 0 bridgehead atoms. The summed E-state index contributed by atoms with van der Waals surface area (Å²) in [6.45, 7) is 0.835. The van der Waals surface area contributed by atoms with Crippen molar-refractivity contribution in [3.8, 4) is 0 Å². The molecule has 2 aromatic heterocycles. The van der Waals surface area contributed by atoms with Crippen LogP contribution in [0.2, 0.25) is 0 Å². The number of fused-ring (bicyclic) bond motifs is 2. The van der Waals surface area contributed by atoms with Crippen LogP contribution >= 0.6 is 11.7 Å². The van der Waals surface area contributed by atoms with Gasteiger partial charge in [-0.1, -0.05) is 24.3 Å². The van der Waals surface area contributed by atoms with Gasteiger partial charge in [0.25, 0.3) is 5.91 Å². The van der Waals surface area contributed by atoms with Crippen LogP contribution < -0.4 is 10.6 Å². The average Bonchev–Trinajstić information content (AvgIpc) is 3.39. The molecule has 0 spiro atoms. The number of ether oxygens (including phenoxy) is 1. The number of carbonyl (C=O) groups excluding carboxylic acids is 3. The van der Waals surface area contributed by atoms with Crippen molar-refractivity contribution in [3.05, 3.63) is 54.2 Å². The van der Waals surface area contributed by atoms with Gasteiger partial charge >= 0.3 is 5.97 Å². The molecule has 4 rings (SSSR count). The minimum Gasteiger partial charge on any atom is -0.454 e. The molecule has 2 aromatic carbocycles. The van der Waals surface area contributed by atoms with Gasteiger partial charge in [-0.15, -0.1) is 0 Å². The van der Waals surface area contributed by atoms with E-state index in [1.165, 1.54) is 6.92 Å². The van der Waals surface area contributed by atoms with E-state index in [1.54, 1.807) is 24.4 Å². The predicted molar refractivity (Wildman–Crippen MR) is 117 cm³/mol. The van der Waals surface area contributed by atoms with Gasteiger partial charge < -0.3 is 20.4 Å². The molecule has 0 fully saturated rings. The number of amides is 2. The number of aromatic amines is 1. The van der Waals surface area contributed by atoms with Gasteiger partial charge in [0.2, 0.25) is 5.91 Å². The van der Waals surface area contributed by atoms with Crippen LogP contribution in [0.1, 0.15) is 12.5 Å². The quantitative estimate of drug-likeness (QED) is 0.381. The fourth-order valence-electron chi connectivity index (χ4n) is 3.29. The zero-order chi connectivity index (χ0) is 21.8. The second kappa shape index (κ2) is 8.92. The Bertz CT molecular complexity index is 1260. The van der Waals surface area contributed by atoms with E-state index >= 15 is 0 Å². The Labute approximate surface area is 181 Å². The molecule has 0 radical (unpaired) electrons. The van der Waals surface area contributed by atoms with E-state index in [-0.39, 0.29) is 12.3 Å². The lowest BCUT2D eigenvalue weighted by molar-refractivity contribution is -0.150. The molecule has 4 aromatic rings. The lowest BCUT2D eigenvalue weighted by atomic mass is 10.0. The van der Waals surface area contributed by atoms with E-state index in [9.17, 15) is 14.4 Å². The largest absolute Gasteiger partial charge is 0.454 e. The summed E-state index contributed by atoms with van der Waals surface area (Å²) in [4.78, 5) is 39.7. The van der Waals surface area contributed by atoms with Crippen molar-refractivity contribution in [1.29, 1.82) is 0 Å². The van der Waals surface area contributed by atoms with Crippen molar-refractivity contribution < 1.29 is 19.1 Å². The van der Waals surface area contributed by atoms with Gasteiger partial charge in [-0.3, -0.25) is 9.59 Å². The number of carbonyl (C=O) groups is 3. The maximum Gasteiger partial charge on any atom is 0.329 e. The van der Waals surface area contributed by atoms with Gasteiger partial charge in [0, 0.05) is 30.4 Å². The Morgan fingerprint density at radius 3 is 2.81 bits per heavy atom. The summed E-state index contributed by atoms with van der Waals surface area (Å²) in [5.41, 5.74) is 3.52. The van der Waals surface area contributed by atoms with Crippen LogP contribution in [-0.4, -0.2) is 44.2 Å². The number of aromatic nitrogens is 3. The normalized spacial score (nSPS) is 11.9. The molecule has 10 heteroatoms. The van der Waals surface area contributed by atoms with Crippen LogP contribution in [0.3, 0.4) is 0 Å². The van der Waals surface area contributed by atoms with Gasteiger partial charge in [-0.25, -0.2) is 4.79 Å². The number of anilines is 1. The zero-order valence-corrected chi connectivity index (χ0v) is 17.4. The van der Waals surface area contributed by atoms with Gasteiger partial charge in [0.1, 0.15) is 17.1 Å². The molecule has 2 heterocycles. The molecule has 1 unspecified atom stereocenters. The van der Waals surface area contributed by atoms with E-state index in [4.69, 9.17) is 4.74 Å². The molecule has 0 saturated heterocycles. The van der Waals surface area contributed by atoms with Gasteiger partial charge in [-0.2, -0.15) is 8.75 Å². The molecule has 2 amide bonds. The number of H-pyrrole nitrogens is 1. The van der Waals surface area contributed by atoms with Crippen LogP contribution in [-0.2, 0) is 25.5 Å². The van der Waals surface area contributed by atoms with Crippen molar-refractivity contribution in [2.24, 2.45) is 0 Å². The number of rotatable bonds is 7. The molecule has 0 aliphatic rings. The summed E-state index contributed by atoms with van der Waals surface area (Å²) in [7, 11) is 0. The summed E-state index contributed by atoms with van der Waals surface area (Å²) < 4.78 is 13.5. The van der Waals surface area contributed by atoms with Crippen molar-refractivity contribution in [3.63, 3.8) is 0 Å². The average molecular weight is 437 g/mol. The first kappa shape index (κ1) is 20.5. The van der Waals surface area contributed by atoms with E-state index in [0.29, 0.717) is 16.7 Å². The van der Waals surface area contributed by atoms with Gasteiger partial charge in [0.15, 0.2) is 6.61 Å². The van der Waals surface area contributed by atoms with Crippen LogP contribution in [0.25, 0.3) is 21.9 Å². The fourth-order valence-corrected chi connectivity index (χ4v) is 3.84. The van der Waals surface area contributed by atoms with E-state index < -0.39 is 24.5 Å². The van der Waals surface area contributed by atoms with Crippen LogP contribution in [0.5, 0.6) is 0 Å². The van der Waals surface area contributed by atoms with Gasteiger partial charge in [-0.05, 0) is 23.8 Å². The minimum atomic E-state index is -0.921. The highest BCUT2D eigenvalue weighted by atomic mass is 32.1. The van der Waals surface area contributed by atoms with E-state index in [0.717, 1.165) is 28.2 Å². The monoisotopic (exact) mass is 437 g/mol. The highest BCUT2D eigenvalue weighted by Gasteiger charge is 2.24. The first-order valence-electron chi connectivity index (χ1n) is 9.51. The molecule has 1 atom stereocenters. The topological polar surface area (TPSA) is 126 Å². The molecule has 3 N–H and O–H groups in total. The Balaban J connectivity index is 1.41. The van der Waals surface area contributed by atoms with Crippen LogP contribution in [0.4, 0.5) is 5.69 Å². The summed E-state index contributed by atoms with van der Waals surface area (Å²) in [5.74, 6) is -1.57. The standard InChI is InChI=1S/C21H19N5O4S/c1-12(27)23-18(9-13-10-22-15-6-3-2-5-14(13)15)21(29)30-11-19(28)24-16-7-4-8-17-20(16)26-31-25-17/h2-8,10,18,22H,9,11H2,1H3,(H,23,27)(H,24,28). The Morgan fingerprint density at radius 1 is 1.13 bits per heavy atom. The number of hydrogen-bond acceptors (Lipinski definition) is 7. The van der Waals surface area contributed by atoms with Gasteiger partial charge in [0.05, 0.1) is 17.4 Å². The van der Waals surface area contributed by atoms with Crippen molar-refractivity contribution in [1.82, 2.24) is 19.0 Å². The summed E-state index contributed by atoms with van der Waals surface area (Å²) in [6, 6.07) is 12.0. The van der Waals surface area contributed by atoms with Crippen molar-refractivity contribution in [2.45, 2.75) is 19.4 Å². The van der Waals surface area contributed by atoms with Crippen molar-refractivity contribution in [2.75, 3.05) is 11.9 Å². The second-order valence-corrected chi connectivity index (χ2v) is 7.44. The number of benzene rings is 2. The molecule has 0 saturated carbocycles. The highest BCUT2D eigenvalue weighted by molar-refractivity contribution is 7.00. The maximum atomic E-state index is 12.6. The van der Waals surface area contributed by atoms with Crippen LogP contribution in [0.15, 0.2) is 48.7 Å². The third kappa shape index (κ3) is 4.69. The second-order valence-electron chi connectivity index (χ2n) is 6.91. The van der Waals surface area contributed by atoms with Crippen molar-refractivity contribution >= 4 is 57.1 Å². The maximum absolute atomic E-state index is 12.6. The summed E-state index contributed by atoms with van der Waals surface area (Å²) >= 11 is 1.04. The first-order valence-corrected chi connectivity index (χ1v) is 10.2. The Kier molecular flexibility index (Phi) is 5.89. The van der Waals surface area contributed by atoms with E-state index in [1.807, 2.05) is 24.3 Å². The van der Waals surface area contributed by atoms with E-state index in [2.05, 4.69) is 24.4 Å². The predicted octanol–water partition coefficient (Wildman–Crippen LogP) is 2.40. The molecule has 9 nitrogen and oxygen atoms in total. The number of para-hydroxylation sites is 1. The first-order chi connectivity index (χ1) is 15.0. The number of esters is 1. The minimum absolute atomic E-state index is 0.230. The third-order valence-corrected chi connectivity index (χ3v) is 5.21. The molecule has 31 heavy (non-hydrogen) atoms. The SMILES string of the molecule is CC(=O)NC(Cc1c[nH]c2ccccc12)C(=O)OCC(=O)Nc1cccc2nsnc12. The van der Waals surface area contributed by atoms with Crippen LogP contribution in [0, 0.1) is 0 Å². The number of nitrogens with zero attached hydrogens (tertiary/aromatic N) is 2. The lowest BCUT2D eigenvalue weighted by Crippen LogP contribution is -2.43. The molecular weight excluding hydrogens is 418 g/mol. The fraction of sp³-hybridized carbons (Fsp3) is 0.190. The third-order valence-electron chi connectivity index (χ3n) is 4.67. The highest BCUT2D eigenvalue weighted by Crippen LogP contribution is 2.21. The molecule has 0 aliphatic carbocycles. The Hall–Kier alpha value is -3.79. The molecular formula is C21H19N5O4S. The lowest BCUT2D eigenvalue weighted by Gasteiger charge is -2.16. The summed E-state index contributed by atoms with van der Waals surface area (Å²) in [6.07, 6.45) is 2.02.